The minimum Gasteiger partial charge on any atom is -0.406 e. The second kappa shape index (κ2) is 6.41. The number of fused-ring (bicyclic) bond motifs is 1. The average Bonchev–Trinajstić information content (AvgIpc) is 2.77. The number of anilines is 1. The summed E-state index contributed by atoms with van der Waals surface area (Å²) in [5.41, 5.74) is 0.423. The summed E-state index contributed by atoms with van der Waals surface area (Å²) in [5, 5.41) is 5.12. The van der Waals surface area contributed by atoms with Crippen molar-refractivity contribution in [3.05, 3.63) is 18.2 Å². The first kappa shape index (κ1) is 17.0. The van der Waals surface area contributed by atoms with Crippen LogP contribution >= 0.6 is 11.3 Å². The second-order valence-corrected chi connectivity index (χ2v) is 5.64. The van der Waals surface area contributed by atoms with E-state index < -0.39 is 18.3 Å². The minimum atomic E-state index is -4.77. The van der Waals surface area contributed by atoms with E-state index in [1.165, 1.54) is 26.0 Å². The second-order valence-electron chi connectivity index (χ2n) is 4.61. The van der Waals surface area contributed by atoms with Gasteiger partial charge in [0, 0.05) is 13.0 Å². The molecule has 0 aliphatic heterocycles. The molecule has 2 amide bonds. The summed E-state index contributed by atoms with van der Waals surface area (Å²) in [5.74, 6) is -1.20. The van der Waals surface area contributed by atoms with E-state index in [4.69, 9.17) is 0 Å². The third-order valence-electron chi connectivity index (χ3n) is 2.64. The van der Waals surface area contributed by atoms with Crippen molar-refractivity contribution in [2.75, 3.05) is 5.32 Å². The zero-order valence-electron chi connectivity index (χ0n) is 12.0. The monoisotopic (exact) mass is 347 g/mol. The van der Waals surface area contributed by atoms with Crippen LogP contribution in [-0.2, 0) is 9.59 Å². The standard InChI is InChI=1S/C13H12F3N3O3S/c1-6(17-7(2)20)11(21)19-12-18-9-4-3-8(5-10(9)23-12)22-13(14,15)16/h3-6H,1-2H3,(H,17,20)(H,18,19,21). The summed E-state index contributed by atoms with van der Waals surface area (Å²) in [7, 11) is 0. The number of carbonyl (C=O) groups is 2. The molecular weight excluding hydrogens is 335 g/mol. The van der Waals surface area contributed by atoms with E-state index in [2.05, 4.69) is 20.4 Å². The summed E-state index contributed by atoms with van der Waals surface area (Å²) in [4.78, 5) is 26.8. The zero-order valence-corrected chi connectivity index (χ0v) is 12.8. The van der Waals surface area contributed by atoms with Crippen molar-refractivity contribution in [1.82, 2.24) is 10.3 Å². The molecule has 0 saturated carbocycles. The van der Waals surface area contributed by atoms with Gasteiger partial charge in [0.25, 0.3) is 0 Å². The highest BCUT2D eigenvalue weighted by atomic mass is 32.1. The molecule has 2 rings (SSSR count). The van der Waals surface area contributed by atoms with Gasteiger partial charge >= 0.3 is 6.36 Å². The number of rotatable bonds is 4. The smallest absolute Gasteiger partial charge is 0.406 e. The van der Waals surface area contributed by atoms with Gasteiger partial charge in [-0.25, -0.2) is 4.98 Å². The fourth-order valence-electron chi connectivity index (χ4n) is 1.74. The molecule has 0 radical (unpaired) electrons. The molecule has 2 aromatic rings. The van der Waals surface area contributed by atoms with Crippen molar-refractivity contribution in [2.45, 2.75) is 26.3 Å². The number of hydrogen-bond donors (Lipinski definition) is 2. The molecule has 0 fully saturated rings. The predicted octanol–water partition coefficient (Wildman–Crippen LogP) is 2.66. The molecule has 0 aliphatic carbocycles. The van der Waals surface area contributed by atoms with Crippen LogP contribution in [0.1, 0.15) is 13.8 Å². The fraction of sp³-hybridized carbons (Fsp3) is 0.308. The minimum absolute atomic E-state index is 0.214. The van der Waals surface area contributed by atoms with Crippen molar-refractivity contribution >= 4 is 38.5 Å². The largest absolute Gasteiger partial charge is 0.573 e. The Kier molecular flexibility index (Phi) is 4.73. The lowest BCUT2D eigenvalue weighted by atomic mass is 10.3. The quantitative estimate of drug-likeness (QED) is 0.891. The Morgan fingerprint density at radius 3 is 2.65 bits per heavy atom. The molecule has 1 aromatic heterocycles. The molecule has 10 heteroatoms. The number of halogens is 3. The summed E-state index contributed by atoms with van der Waals surface area (Å²) in [6.07, 6.45) is -4.77. The number of amides is 2. The number of aromatic nitrogens is 1. The molecule has 23 heavy (non-hydrogen) atoms. The number of alkyl halides is 3. The molecule has 1 unspecified atom stereocenters. The lowest BCUT2D eigenvalue weighted by Crippen LogP contribution is -2.40. The van der Waals surface area contributed by atoms with Crippen LogP contribution in [0.3, 0.4) is 0 Å². The van der Waals surface area contributed by atoms with Crippen molar-refractivity contribution in [2.24, 2.45) is 0 Å². The number of hydrogen-bond acceptors (Lipinski definition) is 5. The number of benzene rings is 1. The fourth-order valence-corrected chi connectivity index (χ4v) is 2.64. The van der Waals surface area contributed by atoms with Crippen LogP contribution < -0.4 is 15.4 Å². The van der Waals surface area contributed by atoms with Crippen LogP contribution in [0.25, 0.3) is 10.2 Å². The van der Waals surface area contributed by atoms with Crippen molar-refractivity contribution in [1.29, 1.82) is 0 Å². The van der Waals surface area contributed by atoms with E-state index >= 15 is 0 Å². The molecule has 1 aromatic carbocycles. The average molecular weight is 347 g/mol. The molecule has 1 atom stereocenters. The molecule has 0 spiro atoms. The van der Waals surface area contributed by atoms with E-state index in [-0.39, 0.29) is 16.8 Å². The Balaban J connectivity index is 2.14. The molecule has 124 valence electrons. The van der Waals surface area contributed by atoms with Gasteiger partial charge in [0.05, 0.1) is 10.2 Å². The Morgan fingerprint density at radius 1 is 1.35 bits per heavy atom. The molecule has 0 bridgehead atoms. The summed E-state index contributed by atoms with van der Waals surface area (Å²) in [6, 6.07) is 2.93. The molecule has 2 N–H and O–H groups in total. The van der Waals surface area contributed by atoms with Gasteiger partial charge in [-0.05, 0) is 19.1 Å². The molecular formula is C13H12F3N3O3S. The van der Waals surface area contributed by atoms with Gasteiger partial charge in [0.15, 0.2) is 5.13 Å². The van der Waals surface area contributed by atoms with Crippen LogP contribution in [0.5, 0.6) is 5.75 Å². The number of nitrogens with zero attached hydrogens (tertiary/aromatic N) is 1. The van der Waals surface area contributed by atoms with Crippen LogP contribution in [-0.4, -0.2) is 29.2 Å². The Hall–Kier alpha value is -2.36. The SMILES string of the molecule is CC(=O)NC(C)C(=O)Nc1nc2ccc(OC(F)(F)F)cc2s1. The first-order chi connectivity index (χ1) is 10.6. The van der Waals surface area contributed by atoms with E-state index in [0.717, 1.165) is 17.4 Å². The van der Waals surface area contributed by atoms with Gasteiger partial charge in [0.1, 0.15) is 11.8 Å². The normalized spacial score (nSPS) is 12.7. The number of thiazole rings is 1. The van der Waals surface area contributed by atoms with Gasteiger partial charge in [-0.1, -0.05) is 11.3 Å². The van der Waals surface area contributed by atoms with Gasteiger partial charge in [-0.2, -0.15) is 0 Å². The highest BCUT2D eigenvalue weighted by molar-refractivity contribution is 7.22. The molecule has 0 aliphatic rings. The zero-order chi connectivity index (χ0) is 17.2. The highest BCUT2D eigenvalue weighted by Gasteiger charge is 2.31. The van der Waals surface area contributed by atoms with Gasteiger partial charge < -0.3 is 15.4 Å². The van der Waals surface area contributed by atoms with E-state index in [1.54, 1.807) is 0 Å². The number of carbonyl (C=O) groups excluding carboxylic acids is 2. The van der Waals surface area contributed by atoms with Crippen LogP contribution in [0.4, 0.5) is 18.3 Å². The Morgan fingerprint density at radius 2 is 2.04 bits per heavy atom. The lowest BCUT2D eigenvalue weighted by Gasteiger charge is -2.10. The van der Waals surface area contributed by atoms with Gasteiger partial charge in [0.2, 0.25) is 11.8 Å². The van der Waals surface area contributed by atoms with Crippen molar-refractivity contribution in [3.63, 3.8) is 0 Å². The first-order valence-electron chi connectivity index (χ1n) is 6.38. The maximum atomic E-state index is 12.2. The number of nitrogens with one attached hydrogen (secondary N) is 2. The van der Waals surface area contributed by atoms with Crippen molar-refractivity contribution in [3.8, 4) is 5.75 Å². The third-order valence-corrected chi connectivity index (χ3v) is 3.57. The Bertz CT molecular complexity index is 745. The predicted molar refractivity (Wildman–Crippen MR) is 78.2 cm³/mol. The maximum absolute atomic E-state index is 12.2. The van der Waals surface area contributed by atoms with E-state index in [1.807, 2.05) is 0 Å². The van der Waals surface area contributed by atoms with Crippen LogP contribution in [0, 0.1) is 0 Å². The summed E-state index contributed by atoms with van der Waals surface area (Å²) in [6.45, 7) is 2.78. The lowest BCUT2D eigenvalue weighted by molar-refractivity contribution is -0.274. The van der Waals surface area contributed by atoms with Gasteiger partial charge in [-0.15, -0.1) is 13.2 Å². The highest BCUT2D eigenvalue weighted by Crippen LogP contribution is 2.31. The summed E-state index contributed by atoms with van der Waals surface area (Å²) < 4.78 is 40.8. The summed E-state index contributed by atoms with van der Waals surface area (Å²) >= 11 is 0.999. The first-order valence-corrected chi connectivity index (χ1v) is 7.20. The van der Waals surface area contributed by atoms with Crippen LogP contribution in [0.15, 0.2) is 18.2 Å². The van der Waals surface area contributed by atoms with Gasteiger partial charge in [-0.3, -0.25) is 9.59 Å². The topological polar surface area (TPSA) is 80.3 Å². The van der Waals surface area contributed by atoms with E-state index in [0.29, 0.717) is 10.2 Å². The van der Waals surface area contributed by atoms with Crippen LogP contribution in [0.2, 0.25) is 0 Å². The Labute approximate surface area is 132 Å². The molecule has 0 saturated heterocycles. The van der Waals surface area contributed by atoms with E-state index in [9.17, 15) is 22.8 Å². The third kappa shape index (κ3) is 4.81. The number of ether oxygens (including phenoxy) is 1. The molecule has 1 heterocycles. The maximum Gasteiger partial charge on any atom is 0.573 e. The van der Waals surface area contributed by atoms with Crippen molar-refractivity contribution < 1.29 is 27.5 Å². The molecule has 6 nitrogen and oxygen atoms in total.